The third kappa shape index (κ3) is 3.81. The number of hydrogen-bond donors (Lipinski definition) is 1. The van der Waals surface area contributed by atoms with Crippen molar-refractivity contribution in [2.24, 2.45) is 0 Å². The number of piperazine rings is 1. The van der Waals surface area contributed by atoms with E-state index in [0.29, 0.717) is 6.04 Å². The van der Waals surface area contributed by atoms with Crippen molar-refractivity contribution in [1.82, 2.24) is 9.88 Å². The number of nitrogen functional groups attached to an aromatic ring is 1. The fourth-order valence-electron chi connectivity index (χ4n) is 2.45. The maximum atomic E-state index is 5.66. The Kier molecular flexibility index (Phi) is 4.99. The average molecular weight is 264 g/mol. The van der Waals surface area contributed by atoms with Gasteiger partial charge in [-0.3, -0.25) is 4.90 Å². The number of pyridine rings is 1. The van der Waals surface area contributed by atoms with Crippen molar-refractivity contribution in [3.8, 4) is 0 Å². The second-order valence-electron chi connectivity index (χ2n) is 5.10. The fourth-order valence-corrected chi connectivity index (χ4v) is 2.45. The zero-order chi connectivity index (χ0) is 13.7. The van der Waals surface area contributed by atoms with Crippen LogP contribution in [0.5, 0.6) is 0 Å². The molecule has 5 nitrogen and oxygen atoms in total. The third-order valence-electron chi connectivity index (χ3n) is 3.77. The Labute approximate surface area is 115 Å². The molecule has 0 amide bonds. The molecule has 1 atom stereocenters. The first-order valence-corrected chi connectivity index (χ1v) is 6.90. The van der Waals surface area contributed by atoms with Gasteiger partial charge in [0.2, 0.25) is 0 Å². The average Bonchev–Trinajstić information content (AvgIpc) is 2.46. The van der Waals surface area contributed by atoms with E-state index in [4.69, 9.17) is 10.5 Å². The standard InChI is InChI=1S/C14H24N4O/c1-12(5-10-19-2)17-6-8-18(9-7-17)14-4-3-13(15)11-16-14/h3-4,11-12H,5-10,15H2,1-2H3. The molecule has 0 spiro atoms. The number of nitrogens with two attached hydrogens (primary N) is 1. The maximum Gasteiger partial charge on any atom is 0.128 e. The molecule has 2 rings (SSSR count). The van der Waals surface area contributed by atoms with E-state index in [1.807, 2.05) is 12.1 Å². The first-order chi connectivity index (χ1) is 9.20. The summed E-state index contributed by atoms with van der Waals surface area (Å²) in [6.45, 7) is 7.31. The summed E-state index contributed by atoms with van der Waals surface area (Å²) < 4.78 is 5.15. The van der Waals surface area contributed by atoms with Crippen LogP contribution in [-0.2, 0) is 4.74 Å². The zero-order valence-electron chi connectivity index (χ0n) is 11.9. The molecule has 1 aliphatic heterocycles. The highest BCUT2D eigenvalue weighted by Crippen LogP contribution is 2.16. The Morgan fingerprint density at radius 3 is 2.63 bits per heavy atom. The van der Waals surface area contributed by atoms with E-state index in [1.54, 1.807) is 13.3 Å². The molecule has 1 aliphatic rings. The fraction of sp³-hybridized carbons (Fsp3) is 0.643. The minimum absolute atomic E-state index is 0.585. The molecule has 2 heterocycles. The van der Waals surface area contributed by atoms with Crippen LogP contribution in [0, 0.1) is 0 Å². The summed E-state index contributed by atoms with van der Waals surface area (Å²) in [5.41, 5.74) is 6.38. The van der Waals surface area contributed by atoms with Crippen molar-refractivity contribution in [2.75, 3.05) is 50.5 Å². The lowest BCUT2D eigenvalue weighted by molar-refractivity contribution is 0.133. The van der Waals surface area contributed by atoms with Gasteiger partial charge in [0.15, 0.2) is 0 Å². The Morgan fingerprint density at radius 1 is 1.32 bits per heavy atom. The molecule has 1 unspecified atom stereocenters. The lowest BCUT2D eigenvalue weighted by atomic mass is 10.2. The van der Waals surface area contributed by atoms with Gasteiger partial charge in [-0.15, -0.1) is 0 Å². The smallest absolute Gasteiger partial charge is 0.128 e. The summed E-state index contributed by atoms with van der Waals surface area (Å²) in [7, 11) is 1.76. The summed E-state index contributed by atoms with van der Waals surface area (Å²) in [5, 5.41) is 0. The molecule has 2 N–H and O–H groups in total. The van der Waals surface area contributed by atoms with Crippen LogP contribution < -0.4 is 10.6 Å². The number of rotatable bonds is 5. The van der Waals surface area contributed by atoms with Gasteiger partial charge < -0.3 is 15.4 Å². The molecule has 0 saturated carbocycles. The minimum atomic E-state index is 0.585. The van der Waals surface area contributed by atoms with Crippen molar-refractivity contribution >= 4 is 11.5 Å². The zero-order valence-corrected chi connectivity index (χ0v) is 11.9. The van der Waals surface area contributed by atoms with Crippen LogP contribution in [0.15, 0.2) is 18.3 Å². The second kappa shape index (κ2) is 6.73. The molecule has 1 aromatic heterocycles. The van der Waals surface area contributed by atoms with Crippen LogP contribution in [0.4, 0.5) is 11.5 Å². The molecule has 0 bridgehead atoms. The molecule has 1 aromatic rings. The Morgan fingerprint density at radius 2 is 2.05 bits per heavy atom. The highest BCUT2D eigenvalue weighted by atomic mass is 16.5. The van der Waals surface area contributed by atoms with Gasteiger partial charge in [-0.2, -0.15) is 0 Å². The van der Waals surface area contributed by atoms with Gasteiger partial charge in [-0.25, -0.2) is 4.98 Å². The van der Waals surface area contributed by atoms with Crippen LogP contribution >= 0.6 is 0 Å². The van der Waals surface area contributed by atoms with Crippen molar-refractivity contribution in [1.29, 1.82) is 0 Å². The number of nitrogens with zero attached hydrogens (tertiary/aromatic N) is 3. The molecule has 5 heteroatoms. The Balaban J connectivity index is 1.83. The maximum absolute atomic E-state index is 5.66. The summed E-state index contributed by atoms with van der Waals surface area (Å²) in [4.78, 5) is 9.22. The van der Waals surface area contributed by atoms with Gasteiger partial charge in [0.1, 0.15) is 5.82 Å². The Bertz CT molecular complexity index is 374. The molecule has 1 saturated heterocycles. The van der Waals surface area contributed by atoms with Gasteiger partial charge in [0.25, 0.3) is 0 Å². The lowest BCUT2D eigenvalue weighted by Crippen LogP contribution is -2.50. The van der Waals surface area contributed by atoms with Crippen LogP contribution in [0.25, 0.3) is 0 Å². The van der Waals surface area contributed by atoms with Crippen molar-refractivity contribution < 1.29 is 4.74 Å². The van der Waals surface area contributed by atoms with Crippen LogP contribution in [0.1, 0.15) is 13.3 Å². The van der Waals surface area contributed by atoms with Crippen molar-refractivity contribution in [3.05, 3.63) is 18.3 Å². The van der Waals surface area contributed by atoms with Crippen molar-refractivity contribution in [2.45, 2.75) is 19.4 Å². The Hall–Kier alpha value is -1.33. The summed E-state index contributed by atoms with van der Waals surface area (Å²) >= 11 is 0. The van der Waals surface area contributed by atoms with Crippen LogP contribution in [0.2, 0.25) is 0 Å². The number of aromatic nitrogens is 1. The van der Waals surface area contributed by atoms with E-state index < -0.39 is 0 Å². The second-order valence-corrected chi connectivity index (χ2v) is 5.10. The van der Waals surface area contributed by atoms with Gasteiger partial charge in [-0.1, -0.05) is 0 Å². The van der Waals surface area contributed by atoms with Gasteiger partial charge in [0, 0.05) is 45.9 Å². The van der Waals surface area contributed by atoms with Gasteiger partial charge >= 0.3 is 0 Å². The molecule has 19 heavy (non-hydrogen) atoms. The minimum Gasteiger partial charge on any atom is -0.397 e. The van der Waals surface area contributed by atoms with Crippen molar-refractivity contribution in [3.63, 3.8) is 0 Å². The molecule has 0 aromatic carbocycles. The molecule has 106 valence electrons. The molecule has 1 fully saturated rings. The SMILES string of the molecule is COCCC(C)N1CCN(c2ccc(N)cn2)CC1. The predicted octanol–water partition coefficient (Wildman–Crippen LogP) is 1.21. The molecular formula is C14H24N4O. The largest absolute Gasteiger partial charge is 0.397 e. The number of ether oxygens (including phenoxy) is 1. The summed E-state index contributed by atoms with van der Waals surface area (Å²) in [5.74, 6) is 1.03. The van der Waals surface area contributed by atoms with E-state index in [9.17, 15) is 0 Å². The van der Waals surface area contributed by atoms with E-state index >= 15 is 0 Å². The summed E-state index contributed by atoms with van der Waals surface area (Å²) in [6.07, 6.45) is 2.82. The van der Waals surface area contributed by atoms with Gasteiger partial charge in [0.05, 0.1) is 11.9 Å². The lowest BCUT2D eigenvalue weighted by Gasteiger charge is -2.38. The van der Waals surface area contributed by atoms with E-state index in [1.165, 1.54) is 0 Å². The molecule has 0 radical (unpaired) electrons. The molecular weight excluding hydrogens is 240 g/mol. The number of anilines is 2. The van der Waals surface area contributed by atoms with Crippen LogP contribution in [0.3, 0.4) is 0 Å². The monoisotopic (exact) mass is 264 g/mol. The first kappa shape index (κ1) is 14.1. The number of hydrogen-bond acceptors (Lipinski definition) is 5. The normalized spacial score (nSPS) is 18.5. The quantitative estimate of drug-likeness (QED) is 0.866. The highest BCUT2D eigenvalue weighted by molar-refractivity contribution is 5.46. The first-order valence-electron chi connectivity index (χ1n) is 6.90. The third-order valence-corrected chi connectivity index (χ3v) is 3.77. The van der Waals surface area contributed by atoms with E-state index in [-0.39, 0.29) is 0 Å². The number of methoxy groups -OCH3 is 1. The van der Waals surface area contributed by atoms with E-state index in [2.05, 4.69) is 21.7 Å². The summed E-state index contributed by atoms with van der Waals surface area (Å²) in [6, 6.07) is 4.50. The van der Waals surface area contributed by atoms with E-state index in [0.717, 1.165) is 50.7 Å². The topological polar surface area (TPSA) is 54.6 Å². The highest BCUT2D eigenvalue weighted by Gasteiger charge is 2.21. The van der Waals surface area contributed by atoms with Gasteiger partial charge in [-0.05, 0) is 25.5 Å². The molecule has 0 aliphatic carbocycles. The van der Waals surface area contributed by atoms with Crippen LogP contribution in [-0.4, -0.2) is 55.8 Å². The predicted molar refractivity (Wildman–Crippen MR) is 78.4 cm³/mol.